The molecule has 0 saturated carbocycles. The minimum absolute atomic E-state index is 0.0745. The van der Waals surface area contributed by atoms with Crippen molar-refractivity contribution in [2.24, 2.45) is 16.7 Å². The van der Waals surface area contributed by atoms with Gasteiger partial charge in [-0.25, -0.2) is 4.79 Å². The lowest BCUT2D eigenvalue weighted by Crippen LogP contribution is -2.72. The largest absolute Gasteiger partial charge is 0.534 e. The van der Waals surface area contributed by atoms with Gasteiger partial charge in [0, 0.05) is 11.3 Å². The Morgan fingerprint density at radius 2 is 1.74 bits per heavy atom. The number of benzene rings is 1. The first-order valence-corrected chi connectivity index (χ1v) is 21.1. The van der Waals surface area contributed by atoms with Gasteiger partial charge in [-0.05, 0) is 75.4 Å². The van der Waals surface area contributed by atoms with Gasteiger partial charge in [-0.3, -0.25) is 0 Å². The molecule has 9 nitrogen and oxygen atoms in total. The first-order chi connectivity index (χ1) is 22.9. The third-order valence-electron chi connectivity index (χ3n) is 11.8. The fourth-order valence-electron chi connectivity index (χ4n) is 7.86. The molecule has 5 rings (SSSR count). The predicted molar refractivity (Wildman–Crippen MR) is 182 cm³/mol. The van der Waals surface area contributed by atoms with E-state index in [9.17, 15) is 26.4 Å². The summed E-state index contributed by atoms with van der Waals surface area (Å²) in [6.45, 7) is 21.5. The highest BCUT2D eigenvalue weighted by molar-refractivity contribution is 7.87. The maximum atomic E-state index is 13.7. The van der Waals surface area contributed by atoms with Gasteiger partial charge in [-0.2, -0.15) is 21.6 Å². The molecule has 2 saturated heterocycles. The fraction of sp³-hybridized carbons (Fsp3) is 0.639. The highest BCUT2D eigenvalue weighted by Gasteiger charge is 2.75. The molecule has 6 atom stereocenters. The summed E-state index contributed by atoms with van der Waals surface area (Å²) in [4.78, 5) is 13.5. The van der Waals surface area contributed by atoms with Crippen molar-refractivity contribution in [1.82, 2.24) is 0 Å². The SMILES string of the molecule is C=CC[C@]1(C)[C@@H](O[Si](C)(C)C(C)(C)C)C=C2OC[C@@]2(OCc2ccccc2)[C@H]1[C@@H]1OC(=O)OC12CCC(C)=C(OS(=O)(=O)C(F)(F)F)C2(C)C. The second-order valence-electron chi connectivity index (χ2n) is 16.3. The van der Waals surface area contributed by atoms with Crippen molar-refractivity contribution in [2.45, 2.75) is 121 Å². The number of halogens is 3. The molecular weight excluding hydrogens is 694 g/mol. The van der Waals surface area contributed by atoms with Crippen LogP contribution in [0.4, 0.5) is 18.0 Å². The minimum Gasteiger partial charge on any atom is -0.491 e. The molecule has 1 aromatic carbocycles. The van der Waals surface area contributed by atoms with Crippen molar-refractivity contribution < 1.29 is 53.9 Å². The number of cyclic esters (lactones) is 1. The van der Waals surface area contributed by atoms with Crippen LogP contribution in [-0.2, 0) is 44.3 Å². The van der Waals surface area contributed by atoms with E-state index >= 15 is 0 Å². The molecule has 2 aliphatic carbocycles. The lowest BCUT2D eigenvalue weighted by atomic mass is 9.51. The van der Waals surface area contributed by atoms with Crippen LogP contribution < -0.4 is 0 Å². The smallest absolute Gasteiger partial charge is 0.491 e. The molecule has 4 aliphatic rings. The molecule has 0 aromatic heterocycles. The van der Waals surface area contributed by atoms with Gasteiger partial charge < -0.3 is 27.6 Å². The molecule has 0 radical (unpaired) electrons. The van der Waals surface area contributed by atoms with Crippen molar-refractivity contribution >= 4 is 24.6 Å². The maximum Gasteiger partial charge on any atom is 0.534 e. The summed E-state index contributed by atoms with van der Waals surface area (Å²) >= 11 is 0. The van der Waals surface area contributed by atoms with E-state index in [0.717, 1.165) is 5.56 Å². The number of alkyl halides is 3. The third kappa shape index (κ3) is 6.01. The minimum atomic E-state index is -6.06. The Balaban J connectivity index is 1.71. The highest BCUT2D eigenvalue weighted by Crippen LogP contribution is 2.65. The molecule has 14 heteroatoms. The molecule has 2 fully saturated rings. The van der Waals surface area contributed by atoms with Crippen LogP contribution in [0.1, 0.15) is 73.3 Å². The van der Waals surface area contributed by atoms with Gasteiger partial charge in [0.05, 0.1) is 18.1 Å². The summed E-state index contributed by atoms with van der Waals surface area (Å²) in [5, 5.41) is -0.178. The van der Waals surface area contributed by atoms with E-state index in [1.807, 2.05) is 43.3 Å². The monoisotopic (exact) mass is 742 g/mol. The first-order valence-electron chi connectivity index (χ1n) is 16.8. The second-order valence-corrected chi connectivity index (χ2v) is 22.6. The van der Waals surface area contributed by atoms with Gasteiger partial charge in [0.1, 0.15) is 18.1 Å². The van der Waals surface area contributed by atoms with Crippen LogP contribution in [0.2, 0.25) is 18.1 Å². The summed E-state index contributed by atoms with van der Waals surface area (Å²) in [6.07, 6.45) is 1.47. The van der Waals surface area contributed by atoms with E-state index in [2.05, 4.69) is 40.4 Å². The third-order valence-corrected chi connectivity index (χ3v) is 17.2. The Hall–Kier alpha value is -2.81. The van der Waals surface area contributed by atoms with Crippen LogP contribution in [0.25, 0.3) is 0 Å². The molecule has 1 unspecified atom stereocenters. The quantitative estimate of drug-likeness (QED) is 0.0765. The molecule has 2 heterocycles. The highest BCUT2D eigenvalue weighted by atomic mass is 32.2. The van der Waals surface area contributed by atoms with Crippen molar-refractivity contribution in [3.05, 3.63) is 71.7 Å². The predicted octanol–water partition coefficient (Wildman–Crippen LogP) is 8.69. The second kappa shape index (κ2) is 12.4. The summed E-state index contributed by atoms with van der Waals surface area (Å²) in [6, 6.07) is 9.53. The number of fused-ring (bicyclic) bond motifs is 1. The van der Waals surface area contributed by atoms with Gasteiger partial charge in [0.2, 0.25) is 0 Å². The zero-order valence-electron chi connectivity index (χ0n) is 30.2. The van der Waals surface area contributed by atoms with Crippen molar-refractivity contribution in [3.63, 3.8) is 0 Å². The number of allylic oxidation sites excluding steroid dienone is 2. The van der Waals surface area contributed by atoms with Gasteiger partial charge in [0.25, 0.3) is 0 Å². The molecule has 1 spiro atoms. The zero-order valence-corrected chi connectivity index (χ0v) is 32.0. The van der Waals surface area contributed by atoms with Crippen LogP contribution in [-0.4, -0.2) is 58.4 Å². The first kappa shape index (κ1) is 38.4. The molecule has 1 aromatic rings. The summed E-state index contributed by atoms with van der Waals surface area (Å²) in [7, 11) is -8.53. The Kier molecular flexibility index (Phi) is 9.53. The molecule has 278 valence electrons. The zero-order chi connectivity index (χ0) is 37.3. The number of rotatable bonds is 10. The Labute approximate surface area is 294 Å². The summed E-state index contributed by atoms with van der Waals surface area (Å²) in [5.41, 5.74) is -9.90. The lowest BCUT2D eigenvalue weighted by Gasteiger charge is -2.63. The van der Waals surface area contributed by atoms with Crippen LogP contribution in [0, 0.1) is 16.7 Å². The standard InChI is InChI=1S/C36H49F3O9SSi/c1-11-18-33(8)25(48-50(9,10)31(3,4)5)20-26-34(22-43-26,44-21-24-15-13-12-14-16-24)27(33)29-35(46-30(40)45-29)19-17-23(2)28(32(35,6)7)47-49(41,42)36(37,38)39/h11-16,20,25,27,29H,1,17-19,21-22H2,2-10H3/t25-,27-,29-,33+,34-,35?/m0/s1. The van der Waals surface area contributed by atoms with E-state index in [4.69, 9.17) is 27.6 Å². The van der Waals surface area contributed by atoms with Gasteiger partial charge >= 0.3 is 21.8 Å². The van der Waals surface area contributed by atoms with E-state index in [-0.39, 0.29) is 36.7 Å². The number of carbonyl (C=O) groups is 1. The van der Waals surface area contributed by atoms with Crippen LogP contribution >= 0.6 is 0 Å². The Bertz CT molecular complexity index is 1680. The number of hydrogen-bond donors (Lipinski definition) is 0. The number of carbonyl (C=O) groups excluding carboxylic acids is 1. The van der Waals surface area contributed by atoms with E-state index in [0.29, 0.717) is 12.2 Å². The molecule has 0 bridgehead atoms. The van der Waals surface area contributed by atoms with E-state index < -0.39 is 76.0 Å². The molecular formula is C36H49F3O9SSi. The van der Waals surface area contributed by atoms with Crippen molar-refractivity contribution in [2.75, 3.05) is 6.61 Å². The lowest BCUT2D eigenvalue weighted by molar-refractivity contribution is -0.266. The topological polar surface area (TPSA) is 107 Å². The van der Waals surface area contributed by atoms with Crippen molar-refractivity contribution in [3.8, 4) is 0 Å². The van der Waals surface area contributed by atoms with Gasteiger partial charge in [-0.15, -0.1) is 6.58 Å². The molecule has 0 N–H and O–H groups in total. The molecule has 50 heavy (non-hydrogen) atoms. The van der Waals surface area contributed by atoms with E-state index in [1.54, 1.807) is 6.08 Å². The average Bonchev–Trinajstić information content (AvgIpc) is 3.32. The number of hydrogen-bond acceptors (Lipinski definition) is 9. The fourth-order valence-corrected chi connectivity index (χ4v) is 9.85. The van der Waals surface area contributed by atoms with E-state index in [1.165, 1.54) is 20.8 Å². The van der Waals surface area contributed by atoms with Crippen molar-refractivity contribution in [1.29, 1.82) is 0 Å². The molecule has 2 aliphatic heterocycles. The van der Waals surface area contributed by atoms with Crippen LogP contribution in [0.3, 0.4) is 0 Å². The maximum absolute atomic E-state index is 13.7. The Morgan fingerprint density at radius 3 is 2.28 bits per heavy atom. The number of ether oxygens (including phenoxy) is 4. The van der Waals surface area contributed by atoms with Crippen LogP contribution in [0.15, 0.2) is 66.2 Å². The summed E-state index contributed by atoms with van der Waals surface area (Å²) in [5.74, 6) is -0.720. The van der Waals surface area contributed by atoms with Crippen LogP contribution in [0.5, 0.6) is 0 Å². The normalized spacial score (nSPS) is 32.7. The summed E-state index contributed by atoms with van der Waals surface area (Å²) < 4.78 is 103. The van der Waals surface area contributed by atoms with Gasteiger partial charge in [0.15, 0.2) is 25.6 Å². The molecule has 0 amide bonds. The van der Waals surface area contributed by atoms with Gasteiger partial charge in [-0.1, -0.05) is 64.1 Å². The Morgan fingerprint density at radius 1 is 1.10 bits per heavy atom. The average molecular weight is 743 g/mol.